The molecule has 0 radical (unpaired) electrons. The fourth-order valence-corrected chi connectivity index (χ4v) is 2.60. The van der Waals surface area contributed by atoms with Gasteiger partial charge in [-0.15, -0.1) is 11.3 Å². The molecule has 7 heteroatoms. The van der Waals surface area contributed by atoms with Crippen LogP contribution >= 0.6 is 23.6 Å². The van der Waals surface area contributed by atoms with Crippen LogP contribution in [0.4, 0.5) is 5.13 Å². The van der Waals surface area contributed by atoms with E-state index >= 15 is 0 Å². The Morgan fingerprint density at radius 2 is 2.00 bits per heavy atom. The van der Waals surface area contributed by atoms with Gasteiger partial charge < -0.3 is 15.4 Å². The zero-order chi connectivity index (χ0) is 16.1. The molecule has 0 saturated heterocycles. The van der Waals surface area contributed by atoms with Gasteiger partial charge >= 0.3 is 0 Å². The van der Waals surface area contributed by atoms with Crippen LogP contribution in [0.3, 0.4) is 0 Å². The van der Waals surface area contributed by atoms with Crippen molar-refractivity contribution in [3.63, 3.8) is 0 Å². The second-order valence-electron chi connectivity index (χ2n) is 4.86. The normalized spacial score (nSPS) is 10.4. The van der Waals surface area contributed by atoms with Crippen molar-refractivity contribution >= 4 is 39.7 Å². The summed E-state index contributed by atoms with van der Waals surface area (Å²) in [4.78, 5) is 16.0. The Labute approximate surface area is 138 Å². The first-order valence-corrected chi connectivity index (χ1v) is 8.00. The van der Waals surface area contributed by atoms with Gasteiger partial charge in [0.15, 0.2) is 10.2 Å². The molecule has 1 aromatic heterocycles. The van der Waals surface area contributed by atoms with Crippen LogP contribution in [0.5, 0.6) is 5.75 Å². The molecular formula is C15H17N3O2S2. The highest BCUT2D eigenvalue weighted by Crippen LogP contribution is 2.26. The highest BCUT2D eigenvalue weighted by atomic mass is 32.1. The second kappa shape index (κ2) is 7.33. The van der Waals surface area contributed by atoms with Crippen molar-refractivity contribution in [1.82, 2.24) is 10.3 Å². The highest BCUT2D eigenvalue weighted by molar-refractivity contribution is 7.80. The van der Waals surface area contributed by atoms with E-state index in [0.717, 1.165) is 17.0 Å². The number of aromatic nitrogens is 1. The molecule has 1 heterocycles. The van der Waals surface area contributed by atoms with E-state index in [9.17, 15) is 4.79 Å². The fraction of sp³-hybridized carbons (Fsp3) is 0.267. The average molecular weight is 335 g/mol. The van der Waals surface area contributed by atoms with Crippen molar-refractivity contribution < 1.29 is 9.53 Å². The molecule has 1 amide bonds. The Morgan fingerprint density at radius 3 is 2.59 bits per heavy atom. The lowest BCUT2D eigenvalue weighted by Crippen LogP contribution is -2.36. The highest BCUT2D eigenvalue weighted by Gasteiger charge is 2.10. The molecule has 116 valence electrons. The quantitative estimate of drug-likeness (QED) is 0.840. The van der Waals surface area contributed by atoms with E-state index in [2.05, 4.69) is 15.6 Å². The summed E-state index contributed by atoms with van der Waals surface area (Å²) in [6.07, 6.45) is 0. The summed E-state index contributed by atoms with van der Waals surface area (Å²) in [5.74, 6) is 0.560. The molecule has 2 rings (SSSR count). The molecule has 0 unspecified atom stereocenters. The van der Waals surface area contributed by atoms with E-state index in [0.29, 0.717) is 5.13 Å². The first-order chi connectivity index (χ1) is 10.5. The molecule has 2 aromatic rings. The van der Waals surface area contributed by atoms with Gasteiger partial charge in [0.1, 0.15) is 5.75 Å². The van der Waals surface area contributed by atoms with Crippen molar-refractivity contribution in [2.45, 2.75) is 13.8 Å². The van der Waals surface area contributed by atoms with Gasteiger partial charge in [0, 0.05) is 16.9 Å². The van der Waals surface area contributed by atoms with E-state index in [1.807, 2.05) is 43.5 Å². The smallest absolute Gasteiger partial charge is 0.228 e. The summed E-state index contributed by atoms with van der Waals surface area (Å²) in [6, 6.07) is 7.65. The number of hydrogen-bond acceptors (Lipinski definition) is 5. The molecular weight excluding hydrogens is 318 g/mol. The Balaban J connectivity index is 2.01. The third kappa shape index (κ3) is 4.25. The van der Waals surface area contributed by atoms with Gasteiger partial charge in [-0.25, -0.2) is 4.98 Å². The second-order valence-corrected chi connectivity index (χ2v) is 6.13. The summed E-state index contributed by atoms with van der Waals surface area (Å²) in [5.41, 5.74) is 1.83. The molecule has 0 spiro atoms. The van der Waals surface area contributed by atoms with E-state index in [4.69, 9.17) is 17.0 Å². The zero-order valence-electron chi connectivity index (χ0n) is 12.5. The number of benzene rings is 1. The summed E-state index contributed by atoms with van der Waals surface area (Å²) in [7, 11) is 1.63. The molecule has 1 aromatic carbocycles. The van der Waals surface area contributed by atoms with Crippen molar-refractivity contribution in [3.8, 4) is 17.0 Å². The third-order valence-electron chi connectivity index (χ3n) is 2.87. The Hall–Kier alpha value is -1.99. The number of anilines is 1. The van der Waals surface area contributed by atoms with Crippen LogP contribution in [0.1, 0.15) is 13.8 Å². The number of ether oxygens (including phenoxy) is 1. The lowest BCUT2D eigenvalue weighted by Gasteiger charge is -2.08. The molecule has 0 atom stereocenters. The van der Waals surface area contributed by atoms with E-state index in [-0.39, 0.29) is 16.9 Å². The minimum Gasteiger partial charge on any atom is -0.497 e. The number of nitrogens with zero attached hydrogens (tertiary/aromatic N) is 1. The lowest BCUT2D eigenvalue weighted by atomic mass is 10.2. The average Bonchev–Trinajstić information content (AvgIpc) is 2.95. The number of nitrogens with one attached hydrogen (secondary N) is 2. The minimum atomic E-state index is -0.121. The molecule has 0 fully saturated rings. The van der Waals surface area contributed by atoms with Crippen LogP contribution in [-0.2, 0) is 4.79 Å². The van der Waals surface area contributed by atoms with Crippen LogP contribution in [0.15, 0.2) is 29.6 Å². The van der Waals surface area contributed by atoms with Gasteiger partial charge in [-0.05, 0) is 36.5 Å². The van der Waals surface area contributed by atoms with Crippen LogP contribution in [0.2, 0.25) is 0 Å². The van der Waals surface area contributed by atoms with Crippen LogP contribution in [-0.4, -0.2) is 23.1 Å². The molecule has 0 aliphatic heterocycles. The van der Waals surface area contributed by atoms with Crippen LogP contribution < -0.4 is 15.4 Å². The molecule has 0 saturated carbocycles. The van der Waals surface area contributed by atoms with Crippen LogP contribution in [0.25, 0.3) is 11.3 Å². The predicted octanol–water partition coefficient (Wildman–Crippen LogP) is 3.29. The van der Waals surface area contributed by atoms with E-state index < -0.39 is 0 Å². The van der Waals surface area contributed by atoms with Crippen molar-refractivity contribution in [2.75, 3.05) is 12.4 Å². The maximum Gasteiger partial charge on any atom is 0.228 e. The van der Waals surface area contributed by atoms with E-state index in [1.54, 1.807) is 7.11 Å². The first-order valence-electron chi connectivity index (χ1n) is 6.71. The number of rotatable bonds is 4. The summed E-state index contributed by atoms with van der Waals surface area (Å²) in [6.45, 7) is 3.62. The maximum absolute atomic E-state index is 11.6. The van der Waals surface area contributed by atoms with E-state index in [1.165, 1.54) is 11.3 Å². The van der Waals surface area contributed by atoms with Gasteiger partial charge in [0.05, 0.1) is 12.8 Å². The third-order valence-corrected chi connectivity index (χ3v) is 3.83. The van der Waals surface area contributed by atoms with Gasteiger partial charge in [0.2, 0.25) is 5.91 Å². The molecule has 22 heavy (non-hydrogen) atoms. The Kier molecular flexibility index (Phi) is 5.46. The number of amides is 1. The predicted molar refractivity (Wildman–Crippen MR) is 93.3 cm³/mol. The largest absolute Gasteiger partial charge is 0.497 e. The molecule has 0 bridgehead atoms. The molecule has 0 aliphatic carbocycles. The van der Waals surface area contributed by atoms with Gasteiger partial charge in [-0.1, -0.05) is 13.8 Å². The maximum atomic E-state index is 11.6. The van der Waals surface area contributed by atoms with Gasteiger partial charge in [-0.3, -0.25) is 4.79 Å². The van der Waals surface area contributed by atoms with Crippen molar-refractivity contribution in [2.24, 2.45) is 5.92 Å². The molecule has 2 N–H and O–H groups in total. The summed E-state index contributed by atoms with van der Waals surface area (Å²) < 4.78 is 5.13. The van der Waals surface area contributed by atoms with Crippen molar-refractivity contribution in [3.05, 3.63) is 29.6 Å². The number of methoxy groups -OCH3 is 1. The number of thiazole rings is 1. The number of carbonyl (C=O) groups excluding carboxylic acids is 1. The van der Waals surface area contributed by atoms with Crippen molar-refractivity contribution in [1.29, 1.82) is 0 Å². The number of hydrogen-bond donors (Lipinski definition) is 2. The van der Waals surface area contributed by atoms with Gasteiger partial charge in [-0.2, -0.15) is 0 Å². The number of carbonyl (C=O) groups is 1. The fourth-order valence-electron chi connectivity index (χ4n) is 1.61. The standard InChI is InChI=1S/C15H17N3O2S2/c1-9(2)13(19)17-14(21)18-15-16-12(8-22-15)10-4-6-11(20-3)7-5-10/h4-9H,1-3H3,(H2,16,17,18,19,21). The SMILES string of the molecule is COc1ccc(-c2csc(NC(=S)NC(=O)C(C)C)n2)cc1. The van der Waals surface area contributed by atoms with Gasteiger partial charge in [0.25, 0.3) is 0 Å². The topological polar surface area (TPSA) is 63.2 Å². The molecule has 0 aliphatic rings. The minimum absolute atomic E-state index is 0.120. The monoisotopic (exact) mass is 335 g/mol. The Bertz CT molecular complexity index is 666. The van der Waals surface area contributed by atoms with Crippen LogP contribution in [0, 0.1) is 5.92 Å². The lowest BCUT2D eigenvalue weighted by molar-refractivity contribution is -0.122. The number of thiocarbonyl (C=S) groups is 1. The first kappa shape index (κ1) is 16.4. The summed E-state index contributed by atoms with van der Waals surface area (Å²) >= 11 is 6.52. The molecule has 5 nitrogen and oxygen atoms in total. The zero-order valence-corrected chi connectivity index (χ0v) is 14.2. The summed E-state index contributed by atoms with van der Waals surface area (Å²) in [5, 5.41) is 8.37. The Morgan fingerprint density at radius 1 is 1.32 bits per heavy atom.